The Morgan fingerprint density at radius 2 is 1.90 bits per heavy atom. The van der Waals surface area contributed by atoms with E-state index >= 15 is 0 Å². The molecule has 2 aromatic rings. The van der Waals surface area contributed by atoms with Gasteiger partial charge in [-0.05, 0) is 29.8 Å². The summed E-state index contributed by atoms with van der Waals surface area (Å²) in [6, 6.07) is 5.48. The average molecular weight is 325 g/mol. The zero-order chi connectivity index (χ0) is 14.9. The van der Waals surface area contributed by atoms with Gasteiger partial charge in [0.25, 0.3) is 0 Å². The van der Waals surface area contributed by atoms with Crippen molar-refractivity contribution in [1.29, 1.82) is 0 Å². The molecule has 0 bridgehead atoms. The van der Waals surface area contributed by atoms with E-state index in [-0.39, 0.29) is 12.0 Å². The Hall–Kier alpha value is -1.11. The van der Waals surface area contributed by atoms with Crippen molar-refractivity contribution >= 4 is 22.9 Å². The number of halogens is 5. The summed E-state index contributed by atoms with van der Waals surface area (Å²) >= 11 is 6.90. The summed E-state index contributed by atoms with van der Waals surface area (Å²) in [5, 5.41) is 9.96. The molecule has 1 nitrogen and oxygen atoms in total. The van der Waals surface area contributed by atoms with Gasteiger partial charge in [-0.15, -0.1) is 11.3 Å². The third-order valence-electron chi connectivity index (χ3n) is 2.70. The van der Waals surface area contributed by atoms with Crippen LogP contribution in [-0.4, -0.2) is 5.11 Å². The summed E-state index contributed by atoms with van der Waals surface area (Å²) in [4.78, 5) is 0.653. The van der Waals surface area contributed by atoms with Crippen LogP contribution in [0.15, 0.2) is 30.3 Å². The number of hydrogen-bond donors (Lipinski definition) is 1. The van der Waals surface area contributed by atoms with Crippen LogP contribution in [0.5, 0.6) is 0 Å². The molecule has 0 fully saturated rings. The lowest BCUT2D eigenvalue weighted by molar-refractivity contribution is -0.139. The number of thiophene rings is 1. The first-order valence-electron chi connectivity index (χ1n) is 5.56. The summed E-state index contributed by atoms with van der Waals surface area (Å²) in [6.07, 6.45) is -6.10. The molecule has 1 aromatic heterocycles. The van der Waals surface area contributed by atoms with Crippen LogP contribution in [0, 0.1) is 5.82 Å². The summed E-state index contributed by atoms with van der Waals surface area (Å²) in [5.74, 6) is -0.993. The Labute approximate surface area is 121 Å². The molecule has 1 atom stereocenters. The van der Waals surface area contributed by atoms with E-state index in [0.717, 1.165) is 12.1 Å². The van der Waals surface area contributed by atoms with E-state index in [1.807, 2.05) is 0 Å². The molecule has 1 aromatic carbocycles. The molecule has 7 heteroatoms. The van der Waals surface area contributed by atoms with Gasteiger partial charge < -0.3 is 5.11 Å². The van der Waals surface area contributed by atoms with Gasteiger partial charge in [0.15, 0.2) is 0 Å². The fraction of sp³-hybridized carbons (Fsp3) is 0.231. The first-order valence-corrected chi connectivity index (χ1v) is 6.76. The number of hydrogen-bond acceptors (Lipinski definition) is 2. The highest BCUT2D eigenvalue weighted by molar-refractivity contribution is 7.16. The van der Waals surface area contributed by atoms with E-state index in [9.17, 15) is 22.7 Å². The van der Waals surface area contributed by atoms with Crippen LogP contribution < -0.4 is 0 Å². The quantitative estimate of drug-likeness (QED) is 0.801. The van der Waals surface area contributed by atoms with Gasteiger partial charge in [-0.2, -0.15) is 13.2 Å². The number of aliphatic hydroxyl groups is 1. The van der Waals surface area contributed by atoms with Gasteiger partial charge in [0.1, 0.15) is 5.82 Å². The fourth-order valence-electron chi connectivity index (χ4n) is 1.83. The summed E-state index contributed by atoms with van der Waals surface area (Å²) in [7, 11) is 0. The molecule has 0 aliphatic rings. The molecule has 1 heterocycles. The maximum Gasteiger partial charge on any atom is 0.416 e. The predicted octanol–water partition coefficient (Wildman–Crippen LogP) is 4.84. The van der Waals surface area contributed by atoms with E-state index in [0.29, 0.717) is 15.3 Å². The highest BCUT2D eigenvalue weighted by Gasteiger charge is 2.35. The lowest BCUT2D eigenvalue weighted by atomic mass is 9.99. The van der Waals surface area contributed by atoms with Crippen molar-refractivity contribution in [2.24, 2.45) is 0 Å². The molecule has 0 aliphatic heterocycles. The minimum absolute atomic E-state index is 0.00784. The molecule has 2 rings (SSSR count). The Bertz CT molecular complexity index is 609. The van der Waals surface area contributed by atoms with Gasteiger partial charge >= 0.3 is 6.18 Å². The highest BCUT2D eigenvalue weighted by atomic mass is 35.5. The zero-order valence-electron chi connectivity index (χ0n) is 9.92. The van der Waals surface area contributed by atoms with Crippen LogP contribution >= 0.6 is 22.9 Å². The maximum absolute atomic E-state index is 13.0. The van der Waals surface area contributed by atoms with Crippen molar-refractivity contribution < 1.29 is 22.7 Å². The van der Waals surface area contributed by atoms with Crippen LogP contribution in [-0.2, 0) is 12.6 Å². The minimum Gasteiger partial charge on any atom is -0.388 e. The molecule has 1 unspecified atom stereocenters. The Morgan fingerprint density at radius 1 is 1.20 bits per heavy atom. The minimum atomic E-state index is -4.72. The Morgan fingerprint density at radius 3 is 2.45 bits per heavy atom. The molecular formula is C13H9ClF4OS. The lowest BCUT2D eigenvalue weighted by Gasteiger charge is -2.17. The molecule has 0 aliphatic carbocycles. The largest absolute Gasteiger partial charge is 0.416 e. The second-order valence-electron chi connectivity index (χ2n) is 4.16. The maximum atomic E-state index is 13.0. The van der Waals surface area contributed by atoms with Gasteiger partial charge in [-0.25, -0.2) is 4.39 Å². The highest BCUT2D eigenvalue weighted by Crippen LogP contribution is 2.36. The van der Waals surface area contributed by atoms with Crippen molar-refractivity contribution in [2.75, 3.05) is 0 Å². The topological polar surface area (TPSA) is 20.2 Å². The van der Waals surface area contributed by atoms with Crippen LogP contribution in [0.3, 0.4) is 0 Å². The monoisotopic (exact) mass is 324 g/mol. The normalized spacial score (nSPS) is 13.5. The van der Waals surface area contributed by atoms with E-state index in [4.69, 9.17) is 11.6 Å². The number of benzene rings is 1. The summed E-state index contributed by atoms with van der Waals surface area (Å²) in [5.41, 5.74) is -1.50. The second kappa shape index (κ2) is 5.71. The molecular weight excluding hydrogens is 316 g/mol. The number of alkyl halides is 3. The molecule has 0 saturated carbocycles. The van der Waals surface area contributed by atoms with Gasteiger partial charge in [0.2, 0.25) is 0 Å². The molecule has 0 amide bonds. The SMILES string of the molecule is OC(Cc1ccc(Cl)s1)c1ccc(F)cc1C(F)(F)F. The van der Waals surface area contributed by atoms with Crippen LogP contribution in [0.4, 0.5) is 17.6 Å². The van der Waals surface area contributed by atoms with Crippen LogP contribution in [0.1, 0.15) is 22.1 Å². The van der Waals surface area contributed by atoms with E-state index in [1.54, 1.807) is 12.1 Å². The number of rotatable bonds is 3. The van der Waals surface area contributed by atoms with Gasteiger partial charge in [0, 0.05) is 11.3 Å². The van der Waals surface area contributed by atoms with Crippen molar-refractivity contribution in [3.63, 3.8) is 0 Å². The summed E-state index contributed by atoms with van der Waals surface area (Å²) in [6.45, 7) is 0. The molecule has 0 saturated heterocycles. The van der Waals surface area contributed by atoms with E-state index in [2.05, 4.69) is 0 Å². The summed E-state index contributed by atoms with van der Waals surface area (Å²) < 4.78 is 52.0. The molecule has 108 valence electrons. The van der Waals surface area contributed by atoms with E-state index < -0.39 is 23.7 Å². The molecule has 20 heavy (non-hydrogen) atoms. The first kappa shape index (κ1) is 15.3. The van der Waals surface area contributed by atoms with Gasteiger partial charge in [0.05, 0.1) is 16.0 Å². The van der Waals surface area contributed by atoms with Crippen molar-refractivity contribution in [3.05, 3.63) is 56.5 Å². The molecule has 0 radical (unpaired) electrons. The van der Waals surface area contributed by atoms with Gasteiger partial charge in [-0.1, -0.05) is 17.7 Å². The third-order valence-corrected chi connectivity index (χ3v) is 3.96. The van der Waals surface area contributed by atoms with E-state index in [1.165, 1.54) is 11.3 Å². The van der Waals surface area contributed by atoms with Gasteiger partial charge in [-0.3, -0.25) is 0 Å². The predicted molar refractivity (Wildman–Crippen MR) is 69.4 cm³/mol. The Kier molecular flexibility index (Phi) is 4.36. The van der Waals surface area contributed by atoms with Crippen molar-refractivity contribution in [2.45, 2.75) is 18.7 Å². The zero-order valence-corrected chi connectivity index (χ0v) is 11.5. The lowest BCUT2D eigenvalue weighted by Crippen LogP contribution is -2.13. The fourth-order valence-corrected chi connectivity index (χ4v) is 2.95. The van der Waals surface area contributed by atoms with Crippen LogP contribution in [0.25, 0.3) is 0 Å². The second-order valence-corrected chi connectivity index (χ2v) is 5.95. The smallest absolute Gasteiger partial charge is 0.388 e. The Balaban J connectivity index is 2.32. The third kappa shape index (κ3) is 3.50. The number of aliphatic hydroxyl groups excluding tert-OH is 1. The molecule has 0 spiro atoms. The molecule has 1 N–H and O–H groups in total. The average Bonchev–Trinajstić information content (AvgIpc) is 2.73. The van der Waals surface area contributed by atoms with Crippen LogP contribution in [0.2, 0.25) is 4.34 Å². The van der Waals surface area contributed by atoms with Crippen molar-refractivity contribution in [3.8, 4) is 0 Å². The first-order chi connectivity index (χ1) is 9.27. The standard InChI is InChI=1S/C13H9ClF4OS/c14-12-4-2-8(20-12)6-11(19)9-3-1-7(15)5-10(9)13(16,17)18/h1-5,11,19H,6H2. The van der Waals surface area contributed by atoms with Crippen molar-refractivity contribution in [1.82, 2.24) is 0 Å².